The molecule has 16 heavy (non-hydrogen) atoms. The fraction of sp³-hybridized carbons (Fsp3) is 0.700. The summed E-state index contributed by atoms with van der Waals surface area (Å²) in [6.07, 6.45) is 5.51. The first kappa shape index (κ1) is 15.1. The zero-order valence-electron chi connectivity index (χ0n) is 9.85. The minimum atomic E-state index is -3.32. The molecule has 0 atom stereocenters. The summed E-state index contributed by atoms with van der Waals surface area (Å²) in [5, 5.41) is 4.87. The van der Waals surface area contributed by atoms with Gasteiger partial charge < -0.3 is 4.90 Å². The largest absolute Gasteiger partial charge is 0.380 e. The van der Waals surface area contributed by atoms with Gasteiger partial charge in [-0.1, -0.05) is 6.42 Å². The van der Waals surface area contributed by atoms with E-state index in [4.69, 9.17) is 5.14 Å². The van der Waals surface area contributed by atoms with Gasteiger partial charge in [0.15, 0.2) is 5.78 Å². The van der Waals surface area contributed by atoms with E-state index in [1.807, 2.05) is 11.9 Å². The molecule has 0 aliphatic carbocycles. The molecule has 94 valence electrons. The van der Waals surface area contributed by atoms with Gasteiger partial charge in [-0.25, -0.2) is 13.6 Å². The zero-order valence-corrected chi connectivity index (χ0v) is 10.7. The number of ketones is 1. The summed E-state index contributed by atoms with van der Waals surface area (Å²) < 4.78 is 21.2. The molecule has 0 aromatic heterocycles. The van der Waals surface area contributed by atoms with Gasteiger partial charge in [0, 0.05) is 19.8 Å². The lowest BCUT2D eigenvalue weighted by molar-refractivity contribution is -0.112. The highest BCUT2D eigenvalue weighted by Gasteiger charge is 2.01. The fourth-order valence-corrected chi connectivity index (χ4v) is 1.75. The molecule has 0 amide bonds. The summed E-state index contributed by atoms with van der Waals surface area (Å²) in [7, 11) is -1.44. The lowest BCUT2D eigenvalue weighted by Crippen LogP contribution is -2.17. The molecule has 0 radical (unpaired) electrons. The number of carbonyl (C=O) groups excluding carboxylic acids is 1. The Balaban J connectivity index is 3.56. The number of sulfonamides is 1. The second kappa shape index (κ2) is 7.40. The standard InChI is InChI=1S/C10H20N2O3S/c1-10(13)6-8-12(2)7-4-3-5-9-16(11,14)15/h6,8H,3-5,7,9H2,1-2H3,(H2,11,14,15)/b8-6-. The third kappa shape index (κ3) is 11.2. The first-order chi connectivity index (χ1) is 7.31. The Morgan fingerprint density at radius 1 is 1.31 bits per heavy atom. The molecule has 0 aliphatic rings. The number of carbonyl (C=O) groups is 1. The van der Waals surface area contributed by atoms with Crippen molar-refractivity contribution in [3.05, 3.63) is 12.3 Å². The fourth-order valence-electron chi connectivity index (χ4n) is 1.15. The number of nitrogens with zero attached hydrogens (tertiary/aromatic N) is 1. The molecule has 0 spiro atoms. The Morgan fingerprint density at radius 3 is 2.44 bits per heavy atom. The first-order valence-corrected chi connectivity index (χ1v) is 6.92. The van der Waals surface area contributed by atoms with Crippen LogP contribution >= 0.6 is 0 Å². The number of nitrogens with two attached hydrogens (primary N) is 1. The highest BCUT2D eigenvalue weighted by atomic mass is 32.2. The lowest BCUT2D eigenvalue weighted by atomic mass is 10.2. The van der Waals surface area contributed by atoms with Gasteiger partial charge in [0.1, 0.15) is 0 Å². The van der Waals surface area contributed by atoms with E-state index in [9.17, 15) is 13.2 Å². The summed E-state index contributed by atoms with van der Waals surface area (Å²) in [6, 6.07) is 0. The third-order valence-electron chi connectivity index (χ3n) is 2.00. The van der Waals surface area contributed by atoms with Gasteiger partial charge >= 0.3 is 0 Å². The summed E-state index contributed by atoms with van der Waals surface area (Å²) in [6.45, 7) is 2.30. The number of unbranched alkanes of at least 4 members (excludes halogenated alkanes) is 2. The predicted octanol–water partition coefficient (Wildman–Crippen LogP) is 0.480. The molecule has 5 nitrogen and oxygen atoms in total. The molecule has 6 heteroatoms. The van der Waals surface area contributed by atoms with Crippen LogP contribution in [0, 0.1) is 0 Å². The second-order valence-electron chi connectivity index (χ2n) is 3.83. The van der Waals surface area contributed by atoms with Gasteiger partial charge in [-0.15, -0.1) is 0 Å². The van der Waals surface area contributed by atoms with Gasteiger partial charge in [0.2, 0.25) is 10.0 Å². The van der Waals surface area contributed by atoms with Crippen molar-refractivity contribution in [3.8, 4) is 0 Å². The van der Waals surface area contributed by atoms with Gasteiger partial charge in [0.25, 0.3) is 0 Å². The Hall–Kier alpha value is -0.880. The maximum atomic E-state index is 10.6. The summed E-state index contributed by atoms with van der Waals surface area (Å²) in [5.41, 5.74) is 0. The quantitative estimate of drug-likeness (QED) is 0.500. The minimum absolute atomic E-state index is 0.0149. The van der Waals surface area contributed by atoms with Gasteiger partial charge in [-0.05, 0) is 25.8 Å². The second-order valence-corrected chi connectivity index (χ2v) is 5.57. The molecule has 0 rings (SSSR count). The van der Waals surface area contributed by atoms with Crippen LogP contribution in [-0.2, 0) is 14.8 Å². The Kier molecular flexibility index (Phi) is 7.00. The topological polar surface area (TPSA) is 80.5 Å². The number of allylic oxidation sites excluding steroid dienone is 1. The molecule has 0 heterocycles. The van der Waals surface area contributed by atoms with Crippen LogP contribution in [0.15, 0.2) is 12.3 Å². The Bertz CT molecular complexity index is 336. The van der Waals surface area contributed by atoms with Crippen LogP contribution in [0.5, 0.6) is 0 Å². The number of hydrogen-bond donors (Lipinski definition) is 1. The molecule has 0 aromatic rings. The number of primary sulfonamides is 1. The molecule has 0 unspecified atom stereocenters. The molecule has 0 saturated carbocycles. The molecule has 0 fully saturated rings. The molecule has 0 aliphatic heterocycles. The monoisotopic (exact) mass is 248 g/mol. The van der Waals surface area contributed by atoms with Crippen LogP contribution in [0.25, 0.3) is 0 Å². The van der Waals surface area contributed by atoms with Crippen molar-refractivity contribution in [2.75, 3.05) is 19.3 Å². The average molecular weight is 248 g/mol. The summed E-state index contributed by atoms with van der Waals surface area (Å²) >= 11 is 0. The molecular formula is C10H20N2O3S. The van der Waals surface area contributed by atoms with Crippen molar-refractivity contribution in [1.82, 2.24) is 4.90 Å². The van der Waals surface area contributed by atoms with Crippen LogP contribution in [0.1, 0.15) is 26.2 Å². The van der Waals surface area contributed by atoms with E-state index in [0.29, 0.717) is 6.42 Å². The SMILES string of the molecule is CC(=O)/C=C\N(C)CCCCCS(N)(=O)=O. The lowest BCUT2D eigenvalue weighted by Gasteiger charge is -2.12. The average Bonchev–Trinajstić information content (AvgIpc) is 2.12. The van der Waals surface area contributed by atoms with E-state index in [2.05, 4.69) is 0 Å². The molecule has 2 N–H and O–H groups in total. The molecule has 0 aromatic carbocycles. The number of hydrogen-bond acceptors (Lipinski definition) is 4. The highest BCUT2D eigenvalue weighted by molar-refractivity contribution is 7.89. The van der Waals surface area contributed by atoms with Crippen molar-refractivity contribution >= 4 is 15.8 Å². The Labute approximate surface area is 97.4 Å². The van der Waals surface area contributed by atoms with Crippen LogP contribution in [0.3, 0.4) is 0 Å². The van der Waals surface area contributed by atoms with Crippen LogP contribution in [0.4, 0.5) is 0 Å². The predicted molar refractivity (Wildman–Crippen MR) is 64.3 cm³/mol. The van der Waals surface area contributed by atoms with Crippen molar-refractivity contribution in [2.24, 2.45) is 5.14 Å². The van der Waals surface area contributed by atoms with E-state index in [0.717, 1.165) is 19.4 Å². The molecule has 0 saturated heterocycles. The van der Waals surface area contributed by atoms with Crippen molar-refractivity contribution in [3.63, 3.8) is 0 Å². The van der Waals surface area contributed by atoms with E-state index >= 15 is 0 Å². The van der Waals surface area contributed by atoms with E-state index in [1.165, 1.54) is 13.0 Å². The third-order valence-corrected chi connectivity index (χ3v) is 2.86. The van der Waals surface area contributed by atoms with Gasteiger partial charge in [-0.3, -0.25) is 4.79 Å². The van der Waals surface area contributed by atoms with Crippen molar-refractivity contribution in [2.45, 2.75) is 26.2 Å². The minimum Gasteiger partial charge on any atom is -0.380 e. The van der Waals surface area contributed by atoms with E-state index in [1.54, 1.807) is 6.20 Å². The summed E-state index contributed by atoms with van der Waals surface area (Å²) in [4.78, 5) is 12.5. The van der Waals surface area contributed by atoms with E-state index in [-0.39, 0.29) is 11.5 Å². The van der Waals surface area contributed by atoms with Crippen molar-refractivity contribution < 1.29 is 13.2 Å². The van der Waals surface area contributed by atoms with Crippen LogP contribution in [-0.4, -0.2) is 38.4 Å². The zero-order chi connectivity index (χ0) is 12.6. The number of rotatable bonds is 8. The molecule has 0 bridgehead atoms. The molecular weight excluding hydrogens is 228 g/mol. The maximum Gasteiger partial charge on any atom is 0.209 e. The van der Waals surface area contributed by atoms with Gasteiger partial charge in [-0.2, -0.15) is 0 Å². The Morgan fingerprint density at radius 2 is 1.94 bits per heavy atom. The maximum absolute atomic E-state index is 10.6. The van der Waals surface area contributed by atoms with Crippen LogP contribution in [0.2, 0.25) is 0 Å². The summed E-state index contributed by atoms with van der Waals surface area (Å²) in [5.74, 6) is 0.0566. The van der Waals surface area contributed by atoms with Crippen LogP contribution < -0.4 is 5.14 Å². The first-order valence-electron chi connectivity index (χ1n) is 5.21. The van der Waals surface area contributed by atoms with E-state index < -0.39 is 10.0 Å². The smallest absolute Gasteiger partial charge is 0.209 e. The normalized spacial score (nSPS) is 11.9. The highest BCUT2D eigenvalue weighted by Crippen LogP contribution is 1.99. The van der Waals surface area contributed by atoms with Crippen molar-refractivity contribution in [1.29, 1.82) is 0 Å². The van der Waals surface area contributed by atoms with Gasteiger partial charge in [0.05, 0.1) is 5.75 Å².